The van der Waals surface area contributed by atoms with Crippen molar-refractivity contribution in [3.8, 4) is 0 Å². The number of hydrogen-bond donors (Lipinski definition) is 2. The Morgan fingerprint density at radius 1 is 0.841 bits per heavy atom. The van der Waals surface area contributed by atoms with E-state index in [1.165, 1.54) is 44.3 Å². The quantitative estimate of drug-likeness (QED) is 0.228. The number of aliphatic imine (C=N–C) groups is 1. The molecule has 0 bridgehead atoms. The lowest BCUT2D eigenvalue weighted by atomic mass is 9.92. The third-order valence-electron chi connectivity index (χ3n) is 9.65. The molecule has 44 heavy (non-hydrogen) atoms. The van der Waals surface area contributed by atoms with Gasteiger partial charge in [-0.15, -0.1) is 0 Å². The molecule has 1 aliphatic heterocycles. The largest absolute Gasteiger partial charge is 0.456 e. The summed E-state index contributed by atoms with van der Waals surface area (Å²) in [4.78, 5) is 5.24. The van der Waals surface area contributed by atoms with E-state index in [9.17, 15) is 0 Å². The van der Waals surface area contributed by atoms with E-state index >= 15 is 0 Å². The van der Waals surface area contributed by atoms with Gasteiger partial charge in [0.05, 0.1) is 6.04 Å². The molecule has 0 radical (unpaired) electrons. The van der Waals surface area contributed by atoms with Gasteiger partial charge in [0, 0.05) is 38.7 Å². The number of nitrogens with one attached hydrogen (secondary N) is 2. The standard InChI is InChI=1S/C39H34N4O/c1-2-11-25(12-3-1)37-40-38(42-39(41-37)27-21-22-32-31-17-6-9-20-35(31)44-36(32)24-27)26-13-10-14-28(23-26)43-33-18-7-4-15-29(33)30-16-5-8-19-34(30)43/h1-7,9-18,20,24,28,38-39,42H,8,19,21-23H2,(H,40,41). The van der Waals surface area contributed by atoms with Crippen molar-refractivity contribution in [2.45, 2.75) is 50.5 Å². The van der Waals surface area contributed by atoms with E-state index in [4.69, 9.17) is 9.41 Å². The zero-order chi connectivity index (χ0) is 29.0. The number of aryl methyl sites for hydroxylation is 1. The van der Waals surface area contributed by atoms with Gasteiger partial charge in [0.2, 0.25) is 0 Å². The predicted molar refractivity (Wildman–Crippen MR) is 180 cm³/mol. The van der Waals surface area contributed by atoms with Crippen molar-refractivity contribution in [3.63, 3.8) is 0 Å². The van der Waals surface area contributed by atoms with E-state index in [-0.39, 0.29) is 18.4 Å². The van der Waals surface area contributed by atoms with Crippen molar-refractivity contribution in [1.29, 1.82) is 0 Å². The van der Waals surface area contributed by atoms with E-state index in [0.29, 0.717) is 0 Å². The number of furan rings is 1. The molecule has 0 fully saturated rings. The van der Waals surface area contributed by atoms with Crippen molar-refractivity contribution in [2.24, 2.45) is 4.99 Å². The van der Waals surface area contributed by atoms with Crippen molar-refractivity contribution in [3.05, 3.63) is 142 Å². The maximum absolute atomic E-state index is 6.31. The zero-order valence-electron chi connectivity index (χ0n) is 24.5. The molecular formula is C39H34N4O. The minimum atomic E-state index is -0.145. The fraction of sp³-hybridized carbons (Fsp3) is 0.205. The van der Waals surface area contributed by atoms with Gasteiger partial charge < -0.3 is 14.3 Å². The fourth-order valence-electron chi connectivity index (χ4n) is 7.56. The van der Waals surface area contributed by atoms with Gasteiger partial charge in [-0.3, -0.25) is 5.32 Å². The Kier molecular flexibility index (Phi) is 6.05. The number of benzene rings is 3. The van der Waals surface area contributed by atoms with Gasteiger partial charge in [-0.05, 0) is 61.5 Å². The Morgan fingerprint density at radius 2 is 1.68 bits per heavy atom. The molecule has 3 aromatic carbocycles. The Morgan fingerprint density at radius 3 is 2.61 bits per heavy atom. The highest BCUT2D eigenvalue weighted by Crippen LogP contribution is 2.38. The summed E-state index contributed by atoms with van der Waals surface area (Å²) in [5.41, 5.74) is 10.1. The first kappa shape index (κ1) is 25.6. The summed E-state index contributed by atoms with van der Waals surface area (Å²) in [7, 11) is 0. The van der Waals surface area contributed by atoms with E-state index in [2.05, 4.69) is 124 Å². The summed E-state index contributed by atoms with van der Waals surface area (Å²) in [6, 6.07) is 28.0. The van der Waals surface area contributed by atoms with Gasteiger partial charge in [0.25, 0.3) is 0 Å². The smallest absolute Gasteiger partial charge is 0.135 e. The number of nitrogens with zero attached hydrogens (tertiary/aromatic N) is 2. The molecule has 3 unspecified atom stereocenters. The normalized spacial score (nSPS) is 22.6. The Balaban J connectivity index is 1.07. The second-order valence-corrected chi connectivity index (χ2v) is 12.2. The van der Waals surface area contributed by atoms with E-state index < -0.39 is 0 Å². The molecule has 2 aromatic heterocycles. The van der Waals surface area contributed by atoms with Gasteiger partial charge in [0.1, 0.15) is 29.5 Å². The third-order valence-corrected chi connectivity index (χ3v) is 9.65. The highest BCUT2D eigenvalue weighted by molar-refractivity contribution is 6.00. The Hall–Kier alpha value is -4.87. The first-order valence-electron chi connectivity index (χ1n) is 15.8. The first-order valence-corrected chi connectivity index (χ1v) is 15.8. The molecule has 3 aliphatic carbocycles. The highest BCUT2D eigenvalue weighted by atomic mass is 16.3. The Labute approximate surface area is 257 Å². The molecule has 4 aliphatic rings. The van der Waals surface area contributed by atoms with Crippen molar-refractivity contribution >= 4 is 39.9 Å². The molecule has 0 saturated heterocycles. The molecule has 5 heteroatoms. The lowest BCUT2D eigenvalue weighted by molar-refractivity contribution is 0.431. The van der Waals surface area contributed by atoms with Crippen LogP contribution in [0.5, 0.6) is 0 Å². The van der Waals surface area contributed by atoms with Crippen LogP contribution in [0.3, 0.4) is 0 Å². The van der Waals surface area contributed by atoms with Crippen LogP contribution in [-0.2, 0) is 12.8 Å². The van der Waals surface area contributed by atoms with Gasteiger partial charge in [-0.2, -0.15) is 0 Å². The van der Waals surface area contributed by atoms with E-state index in [0.717, 1.165) is 54.8 Å². The summed E-state index contributed by atoms with van der Waals surface area (Å²) >= 11 is 0. The first-order chi connectivity index (χ1) is 21.8. The SMILES string of the molecule is C1=CC(n2c3c(c4ccccc42)C=CCC3)CC(C2NC(c3ccccc3)=NC(C3=Cc4oc5ccccc5c4CC3)N2)=C1. The van der Waals surface area contributed by atoms with Gasteiger partial charge in [0.15, 0.2) is 0 Å². The van der Waals surface area contributed by atoms with Crippen LogP contribution < -0.4 is 10.6 Å². The molecule has 5 nitrogen and oxygen atoms in total. The molecule has 9 rings (SSSR count). The molecule has 0 amide bonds. The van der Waals surface area contributed by atoms with Crippen molar-refractivity contribution in [1.82, 2.24) is 15.2 Å². The van der Waals surface area contributed by atoms with Gasteiger partial charge in [-0.25, -0.2) is 4.99 Å². The lowest BCUT2D eigenvalue weighted by Crippen LogP contribution is -2.56. The molecule has 3 heterocycles. The van der Waals surface area contributed by atoms with Crippen LogP contribution in [0, 0.1) is 0 Å². The minimum Gasteiger partial charge on any atom is -0.456 e. The van der Waals surface area contributed by atoms with Crippen LogP contribution in [0.25, 0.3) is 34.0 Å². The van der Waals surface area contributed by atoms with Gasteiger partial charge >= 0.3 is 0 Å². The van der Waals surface area contributed by atoms with Crippen LogP contribution in [0.1, 0.15) is 53.4 Å². The molecule has 5 aromatic rings. The van der Waals surface area contributed by atoms with Crippen LogP contribution in [-0.4, -0.2) is 22.7 Å². The molecule has 216 valence electrons. The average Bonchev–Trinajstić information content (AvgIpc) is 3.64. The van der Waals surface area contributed by atoms with Crippen molar-refractivity contribution in [2.75, 3.05) is 0 Å². The zero-order valence-corrected chi connectivity index (χ0v) is 24.5. The number of rotatable bonds is 4. The van der Waals surface area contributed by atoms with Crippen LogP contribution in [0.15, 0.2) is 124 Å². The highest BCUT2D eigenvalue weighted by Gasteiger charge is 2.32. The second-order valence-electron chi connectivity index (χ2n) is 12.2. The second kappa shape index (κ2) is 10.4. The molecule has 0 spiro atoms. The summed E-state index contributed by atoms with van der Waals surface area (Å²) in [6.07, 6.45) is 18.6. The number of para-hydroxylation sites is 2. The maximum atomic E-state index is 6.31. The monoisotopic (exact) mass is 574 g/mol. The van der Waals surface area contributed by atoms with Crippen LogP contribution >= 0.6 is 0 Å². The molecule has 2 N–H and O–H groups in total. The number of aromatic nitrogens is 1. The van der Waals surface area contributed by atoms with Crippen molar-refractivity contribution < 1.29 is 4.42 Å². The van der Waals surface area contributed by atoms with E-state index in [1.807, 2.05) is 6.07 Å². The van der Waals surface area contributed by atoms with Crippen LogP contribution in [0.2, 0.25) is 0 Å². The number of fused-ring (bicyclic) bond motifs is 6. The third kappa shape index (κ3) is 4.22. The summed E-state index contributed by atoms with van der Waals surface area (Å²) in [5, 5.41) is 10.2. The topological polar surface area (TPSA) is 54.5 Å². The minimum absolute atomic E-state index is 0.0457. The summed E-state index contributed by atoms with van der Waals surface area (Å²) in [5.74, 6) is 1.90. The number of hydrogen-bond acceptors (Lipinski definition) is 4. The summed E-state index contributed by atoms with van der Waals surface area (Å²) < 4.78 is 8.90. The maximum Gasteiger partial charge on any atom is 0.135 e. The van der Waals surface area contributed by atoms with Gasteiger partial charge in [-0.1, -0.05) is 97.1 Å². The lowest BCUT2D eigenvalue weighted by Gasteiger charge is -2.36. The molecule has 0 saturated carbocycles. The predicted octanol–water partition coefficient (Wildman–Crippen LogP) is 8.10. The number of amidine groups is 1. The molecule has 3 atom stereocenters. The fourth-order valence-corrected chi connectivity index (χ4v) is 7.56. The van der Waals surface area contributed by atoms with Crippen LogP contribution in [0.4, 0.5) is 0 Å². The Bertz CT molecular complexity index is 2070. The summed E-state index contributed by atoms with van der Waals surface area (Å²) in [6.45, 7) is 0. The number of allylic oxidation sites excluding steroid dienone is 4. The average molecular weight is 575 g/mol. The van der Waals surface area contributed by atoms with E-state index in [1.54, 1.807) is 0 Å². The molecular weight excluding hydrogens is 540 g/mol.